The van der Waals surface area contributed by atoms with Crippen LogP contribution in [0.1, 0.15) is 42.6 Å². The summed E-state index contributed by atoms with van der Waals surface area (Å²) in [4.78, 5) is 4.23. The van der Waals surface area contributed by atoms with Gasteiger partial charge in [0.15, 0.2) is 0 Å². The van der Waals surface area contributed by atoms with Crippen LogP contribution in [0.4, 0.5) is 0 Å². The average Bonchev–Trinajstić information content (AvgIpc) is 2.48. The van der Waals surface area contributed by atoms with Gasteiger partial charge in [-0.25, -0.2) is 4.98 Å². The van der Waals surface area contributed by atoms with Crippen LogP contribution >= 0.6 is 0 Å². The second-order valence-corrected chi connectivity index (χ2v) is 5.35. The molecule has 0 spiro atoms. The molecular weight excluding hydrogens is 250 g/mol. The zero-order chi connectivity index (χ0) is 13.9. The second-order valence-electron chi connectivity index (χ2n) is 5.35. The summed E-state index contributed by atoms with van der Waals surface area (Å²) in [6, 6.07) is 9.92. The maximum Gasteiger partial charge on any atom is 0.219 e. The molecule has 0 saturated carbocycles. The molecule has 1 aromatic carbocycles. The molecule has 0 bridgehead atoms. The Morgan fingerprint density at radius 1 is 1.10 bits per heavy atom. The van der Waals surface area contributed by atoms with Gasteiger partial charge in [0, 0.05) is 12.3 Å². The van der Waals surface area contributed by atoms with Crippen LogP contribution in [0, 0.1) is 0 Å². The number of nitrogens with zero attached hydrogens (tertiary/aromatic N) is 1. The number of aromatic nitrogens is 1. The first-order valence-corrected chi connectivity index (χ1v) is 7.16. The van der Waals surface area contributed by atoms with Gasteiger partial charge >= 0.3 is 0 Å². The Kier molecular flexibility index (Phi) is 3.70. The summed E-state index contributed by atoms with van der Waals surface area (Å²) in [5, 5.41) is 9.46. The van der Waals surface area contributed by atoms with E-state index < -0.39 is 6.10 Å². The molecular formula is C17H19NO2. The van der Waals surface area contributed by atoms with Crippen molar-refractivity contribution >= 4 is 0 Å². The first-order valence-electron chi connectivity index (χ1n) is 7.16. The Bertz CT molecular complexity index is 590. The molecule has 20 heavy (non-hydrogen) atoms. The SMILES string of the molecule is C[C@@H](O)c1ccc(Oc2ccc3c(c2)CCCC3)nc1. The molecule has 1 aliphatic rings. The molecule has 0 radical (unpaired) electrons. The van der Waals surface area contributed by atoms with Crippen molar-refractivity contribution in [2.75, 3.05) is 0 Å². The molecule has 3 nitrogen and oxygen atoms in total. The summed E-state index contributed by atoms with van der Waals surface area (Å²) in [6.45, 7) is 1.72. The van der Waals surface area contributed by atoms with E-state index in [0.717, 1.165) is 17.7 Å². The van der Waals surface area contributed by atoms with Crippen LogP contribution in [-0.2, 0) is 12.8 Å². The zero-order valence-corrected chi connectivity index (χ0v) is 11.7. The molecule has 0 aliphatic heterocycles. The highest BCUT2D eigenvalue weighted by Gasteiger charge is 2.10. The number of rotatable bonds is 3. The van der Waals surface area contributed by atoms with Gasteiger partial charge in [0.25, 0.3) is 0 Å². The molecule has 1 heterocycles. The van der Waals surface area contributed by atoms with E-state index in [1.807, 2.05) is 12.1 Å². The molecule has 104 valence electrons. The number of pyridine rings is 1. The molecule has 1 aliphatic carbocycles. The predicted octanol–water partition coefficient (Wildman–Crippen LogP) is 3.81. The van der Waals surface area contributed by atoms with Gasteiger partial charge in [-0.3, -0.25) is 0 Å². The number of hydrogen-bond donors (Lipinski definition) is 1. The molecule has 3 rings (SSSR count). The van der Waals surface area contributed by atoms with Gasteiger partial charge in [-0.1, -0.05) is 6.07 Å². The zero-order valence-electron chi connectivity index (χ0n) is 11.7. The lowest BCUT2D eigenvalue weighted by Gasteiger charge is -2.16. The Morgan fingerprint density at radius 2 is 1.90 bits per heavy atom. The van der Waals surface area contributed by atoms with E-state index in [0.29, 0.717) is 5.88 Å². The average molecular weight is 269 g/mol. The van der Waals surface area contributed by atoms with Crippen LogP contribution in [0.5, 0.6) is 11.6 Å². The number of aliphatic hydroxyl groups excluding tert-OH is 1. The van der Waals surface area contributed by atoms with E-state index in [9.17, 15) is 5.11 Å². The second kappa shape index (κ2) is 5.63. The van der Waals surface area contributed by atoms with Gasteiger partial charge in [-0.05, 0) is 67.5 Å². The minimum absolute atomic E-state index is 0.500. The summed E-state index contributed by atoms with van der Waals surface area (Å²) in [6.07, 6.45) is 6.02. The summed E-state index contributed by atoms with van der Waals surface area (Å²) in [5.74, 6) is 1.40. The fourth-order valence-corrected chi connectivity index (χ4v) is 2.59. The maximum atomic E-state index is 9.46. The van der Waals surface area contributed by atoms with Gasteiger partial charge in [-0.15, -0.1) is 0 Å². The number of ether oxygens (including phenoxy) is 1. The summed E-state index contributed by atoms with van der Waals surface area (Å²) in [5.41, 5.74) is 3.64. The number of fused-ring (bicyclic) bond motifs is 1. The van der Waals surface area contributed by atoms with Crippen molar-refractivity contribution in [3.8, 4) is 11.6 Å². The van der Waals surface area contributed by atoms with Gasteiger partial charge in [0.1, 0.15) is 5.75 Å². The Labute approximate surface area is 119 Å². The van der Waals surface area contributed by atoms with Crippen molar-refractivity contribution in [2.45, 2.75) is 38.7 Å². The van der Waals surface area contributed by atoms with Crippen molar-refractivity contribution < 1.29 is 9.84 Å². The normalized spacial score (nSPS) is 15.5. The van der Waals surface area contributed by atoms with Crippen LogP contribution in [0.25, 0.3) is 0 Å². The standard InChI is InChI=1S/C17H19NO2/c1-12(19)15-7-9-17(18-11-15)20-16-8-6-13-4-2-3-5-14(13)10-16/h6-12,19H,2-5H2,1H3/t12-/m1/s1. The third-order valence-electron chi connectivity index (χ3n) is 3.78. The van der Waals surface area contributed by atoms with Crippen LogP contribution in [0.3, 0.4) is 0 Å². The lowest BCUT2D eigenvalue weighted by atomic mass is 9.92. The van der Waals surface area contributed by atoms with Crippen molar-refractivity contribution in [1.29, 1.82) is 0 Å². The van der Waals surface area contributed by atoms with Crippen LogP contribution < -0.4 is 4.74 Å². The Morgan fingerprint density at radius 3 is 2.60 bits per heavy atom. The lowest BCUT2D eigenvalue weighted by molar-refractivity contribution is 0.198. The number of aryl methyl sites for hydroxylation is 2. The smallest absolute Gasteiger partial charge is 0.219 e. The monoisotopic (exact) mass is 269 g/mol. The maximum absolute atomic E-state index is 9.46. The van der Waals surface area contributed by atoms with E-state index in [-0.39, 0.29) is 0 Å². The molecule has 0 fully saturated rings. The quantitative estimate of drug-likeness (QED) is 0.921. The van der Waals surface area contributed by atoms with Crippen LogP contribution in [0.2, 0.25) is 0 Å². The molecule has 1 N–H and O–H groups in total. The predicted molar refractivity (Wildman–Crippen MR) is 78.0 cm³/mol. The van der Waals surface area contributed by atoms with E-state index in [4.69, 9.17) is 4.74 Å². The Balaban J connectivity index is 1.77. The van der Waals surface area contributed by atoms with Crippen molar-refractivity contribution in [3.63, 3.8) is 0 Å². The van der Waals surface area contributed by atoms with Gasteiger partial charge < -0.3 is 9.84 Å². The highest BCUT2D eigenvalue weighted by molar-refractivity contribution is 5.38. The first-order chi connectivity index (χ1) is 9.72. The minimum Gasteiger partial charge on any atom is -0.439 e. The highest BCUT2D eigenvalue weighted by atomic mass is 16.5. The largest absolute Gasteiger partial charge is 0.439 e. The summed E-state index contributed by atoms with van der Waals surface area (Å²) < 4.78 is 5.79. The lowest BCUT2D eigenvalue weighted by Crippen LogP contribution is -2.02. The minimum atomic E-state index is -0.500. The third-order valence-corrected chi connectivity index (χ3v) is 3.78. The third kappa shape index (κ3) is 2.83. The molecule has 0 unspecified atom stereocenters. The van der Waals surface area contributed by atoms with Crippen molar-refractivity contribution in [2.24, 2.45) is 0 Å². The summed E-state index contributed by atoms with van der Waals surface area (Å²) in [7, 11) is 0. The number of benzene rings is 1. The van der Waals surface area contributed by atoms with Crippen molar-refractivity contribution in [3.05, 3.63) is 53.2 Å². The van der Waals surface area contributed by atoms with Crippen LogP contribution in [-0.4, -0.2) is 10.1 Å². The first kappa shape index (κ1) is 13.1. The number of hydrogen-bond acceptors (Lipinski definition) is 3. The Hall–Kier alpha value is -1.87. The van der Waals surface area contributed by atoms with Crippen LogP contribution in [0.15, 0.2) is 36.5 Å². The van der Waals surface area contributed by atoms with Crippen molar-refractivity contribution in [1.82, 2.24) is 4.98 Å². The number of aliphatic hydroxyl groups is 1. The summed E-state index contributed by atoms with van der Waals surface area (Å²) >= 11 is 0. The van der Waals surface area contributed by atoms with E-state index >= 15 is 0 Å². The molecule has 1 aromatic heterocycles. The van der Waals surface area contributed by atoms with Gasteiger partial charge in [0.2, 0.25) is 5.88 Å². The molecule has 0 amide bonds. The topological polar surface area (TPSA) is 42.4 Å². The highest BCUT2D eigenvalue weighted by Crippen LogP contribution is 2.28. The van der Waals surface area contributed by atoms with Gasteiger partial charge in [0.05, 0.1) is 6.10 Å². The molecule has 1 atom stereocenters. The molecule has 2 aromatic rings. The van der Waals surface area contributed by atoms with E-state index in [2.05, 4.69) is 17.1 Å². The molecule has 3 heteroatoms. The fraction of sp³-hybridized carbons (Fsp3) is 0.353. The van der Waals surface area contributed by atoms with Gasteiger partial charge in [-0.2, -0.15) is 0 Å². The van der Waals surface area contributed by atoms with E-state index in [1.54, 1.807) is 19.2 Å². The molecule has 0 saturated heterocycles. The fourth-order valence-electron chi connectivity index (χ4n) is 2.59. The van der Waals surface area contributed by atoms with E-state index in [1.165, 1.54) is 30.4 Å².